The molecule has 1 aliphatic rings. The van der Waals surface area contributed by atoms with Gasteiger partial charge in [0.05, 0.1) is 17.5 Å². The molecule has 3 nitrogen and oxygen atoms in total. The van der Waals surface area contributed by atoms with E-state index in [1.54, 1.807) is 0 Å². The van der Waals surface area contributed by atoms with Crippen molar-refractivity contribution in [3.63, 3.8) is 0 Å². The van der Waals surface area contributed by atoms with Gasteiger partial charge in [0.25, 0.3) is 0 Å². The van der Waals surface area contributed by atoms with Crippen LogP contribution in [0.1, 0.15) is 46.5 Å². The van der Waals surface area contributed by atoms with Crippen LogP contribution in [0.5, 0.6) is 5.75 Å². The molecule has 1 aliphatic heterocycles. The Morgan fingerprint density at radius 1 is 1.26 bits per heavy atom. The van der Waals surface area contributed by atoms with Crippen LogP contribution >= 0.6 is 0 Å². The number of hydrogen-bond acceptors (Lipinski definition) is 3. The summed E-state index contributed by atoms with van der Waals surface area (Å²) in [5, 5.41) is 0. The van der Waals surface area contributed by atoms with Crippen LogP contribution in [0.3, 0.4) is 0 Å². The number of anilines is 2. The fraction of sp³-hybridized carbons (Fsp3) is 0.625. The Balaban J connectivity index is 2.27. The molecule has 2 N–H and O–H groups in total. The predicted molar refractivity (Wildman–Crippen MR) is 81.9 cm³/mol. The van der Waals surface area contributed by atoms with Crippen molar-refractivity contribution in [3.05, 3.63) is 18.2 Å². The SMILES string of the molecule is CC(C)Oc1cccc(N2CCCCCC2C)c1N. The first-order valence-corrected chi connectivity index (χ1v) is 7.41. The second-order valence-electron chi connectivity index (χ2n) is 5.75. The molecule has 1 aromatic carbocycles. The Hall–Kier alpha value is -1.38. The molecule has 0 amide bonds. The van der Waals surface area contributed by atoms with Crippen LogP contribution in [0.4, 0.5) is 11.4 Å². The summed E-state index contributed by atoms with van der Waals surface area (Å²) in [7, 11) is 0. The van der Waals surface area contributed by atoms with Gasteiger partial charge in [0.1, 0.15) is 5.75 Å². The molecule has 2 rings (SSSR count). The molecular weight excluding hydrogens is 236 g/mol. The Labute approximate surface area is 116 Å². The fourth-order valence-corrected chi connectivity index (χ4v) is 2.77. The third-order valence-electron chi connectivity index (χ3n) is 3.77. The van der Waals surface area contributed by atoms with Gasteiger partial charge in [-0.25, -0.2) is 0 Å². The fourth-order valence-electron chi connectivity index (χ4n) is 2.77. The first-order chi connectivity index (χ1) is 9.09. The zero-order valence-corrected chi connectivity index (χ0v) is 12.4. The van der Waals surface area contributed by atoms with Crippen LogP contribution in [0.25, 0.3) is 0 Å². The Bertz CT molecular complexity index is 417. The van der Waals surface area contributed by atoms with Gasteiger partial charge in [0.15, 0.2) is 0 Å². The summed E-state index contributed by atoms with van der Waals surface area (Å²) in [6.45, 7) is 7.44. The molecule has 3 heteroatoms. The average molecular weight is 262 g/mol. The van der Waals surface area contributed by atoms with Crippen LogP contribution in [0, 0.1) is 0 Å². The third-order valence-corrected chi connectivity index (χ3v) is 3.77. The van der Waals surface area contributed by atoms with Gasteiger partial charge < -0.3 is 15.4 Å². The van der Waals surface area contributed by atoms with E-state index in [1.165, 1.54) is 25.7 Å². The monoisotopic (exact) mass is 262 g/mol. The lowest BCUT2D eigenvalue weighted by atomic mass is 10.1. The molecule has 1 heterocycles. The highest BCUT2D eigenvalue weighted by Crippen LogP contribution is 2.35. The van der Waals surface area contributed by atoms with Crippen LogP contribution in [-0.2, 0) is 0 Å². The van der Waals surface area contributed by atoms with E-state index in [9.17, 15) is 0 Å². The summed E-state index contributed by atoms with van der Waals surface area (Å²) in [6, 6.07) is 6.67. The molecule has 1 unspecified atom stereocenters. The van der Waals surface area contributed by atoms with Crippen molar-refractivity contribution in [1.29, 1.82) is 0 Å². The maximum atomic E-state index is 6.31. The maximum Gasteiger partial charge on any atom is 0.144 e. The van der Waals surface area contributed by atoms with E-state index < -0.39 is 0 Å². The maximum absolute atomic E-state index is 6.31. The topological polar surface area (TPSA) is 38.5 Å². The number of rotatable bonds is 3. The summed E-state index contributed by atoms with van der Waals surface area (Å²) >= 11 is 0. The minimum Gasteiger partial charge on any atom is -0.489 e. The average Bonchev–Trinajstić information content (AvgIpc) is 2.56. The van der Waals surface area contributed by atoms with Crippen molar-refractivity contribution in [3.8, 4) is 5.75 Å². The number of nitrogens with zero attached hydrogens (tertiary/aromatic N) is 1. The standard InChI is InChI=1S/C16H26N2O/c1-12(2)19-15-10-7-9-14(16(15)17)18-11-6-4-5-8-13(18)3/h7,9-10,12-13H,4-6,8,11,17H2,1-3H3. The Kier molecular flexibility index (Phi) is 4.56. The van der Waals surface area contributed by atoms with Gasteiger partial charge in [-0.2, -0.15) is 0 Å². The summed E-state index contributed by atoms with van der Waals surface area (Å²) in [6.07, 6.45) is 5.29. The zero-order chi connectivity index (χ0) is 13.8. The minimum atomic E-state index is 0.152. The van der Waals surface area contributed by atoms with Gasteiger partial charge in [-0.05, 0) is 45.7 Å². The molecule has 0 bridgehead atoms. The van der Waals surface area contributed by atoms with Gasteiger partial charge in [-0.1, -0.05) is 18.9 Å². The van der Waals surface area contributed by atoms with E-state index in [2.05, 4.69) is 17.9 Å². The minimum absolute atomic E-state index is 0.152. The highest BCUT2D eigenvalue weighted by molar-refractivity contribution is 5.74. The summed E-state index contributed by atoms with van der Waals surface area (Å²) in [5.41, 5.74) is 8.22. The number of hydrogen-bond donors (Lipinski definition) is 1. The van der Waals surface area contributed by atoms with Crippen LogP contribution in [0.2, 0.25) is 0 Å². The highest BCUT2D eigenvalue weighted by Gasteiger charge is 2.20. The van der Waals surface area contributed by atoms with E-state index in [0.717, 1.165) is 23.7 Å². The van der Waals surface area contributed by atoms with E-state index >= 15 is 0 Å². The van der Waals surface area contributed by atoms with Crippen molar-refractivity contribution in [2.24, 2.45) is 0 Å². The molecule has 1 saturated heterocycles. The van der Waals surface area contributed by atoms with Gasteiger partial charge in [-0.15, -0.1) is 0 Å². The number of para-hydroxylation sites is 1. The van der Waals surface area contributed by atoms with Crippen LogP contribution < -0.4 is 15.4 Å². The molecule has 19 heavy (non-hydrogen) atoms. The highest BCUT2D eigenvalue weighted by atomic mass is 16.5. The van der Waals surface area contributed by atoms with Gasteiger partial charge in [0.2, 0.25) is 0 Å². The van der Waals surface area contributed by atoms with Gasteiger partial charge >= 0.3 is 0 Å². The molecule has 0 aliphatic carbocycles. The molecule has 0 radical (unpaired) electrons. The van der Waals surface area contributed by atoms with Crippen molar-refractivity contribution >= 4 is 11.4 Å². The number of nitrogen functional groups attached to an aromatic ring is 1. The van der Waals surface area contributed by atoms with Crippen molar-refractivity contribution in [2.45, 2.75) is 58.6 Å². The second kappa shape index (κ2) is 6.18. The van der Waals surface area contributed by atoms with Crippen LogP contribution in [-0.4, -0.2) is 18.7 Å². The summed E-state index contributed by atoms with van der Waals surface area (Å²) < 4.78 is 5.79. The van der Waals surface area contributed by atoms with E-state index in [1.807, 2.05) is 26.0 Å². The molecule has 106 valence electrons. The van der Waals surface area contributed by atoms with E-state index in [0.29, 0.717) is 6.04 Å². The third kappa shape index (κ3) is 3.34. The molecular formula is C16H26N2O. The van der Waals surface area contributed by atoms with Crippen molar-refractivity contribution in [2.75, 3.05) is 17.2 Å². The first-order valence-electron chi connectivity index (χ1n) is 7.41. The van der Waals surface area contributed by atoms with Crippen molar-refractivity contribution < 1.29 is 4.74 Å². The first kappa shape index (κ1) is 14.0. The molecule has 0 saturated carbocycles. The van der Waals surface area contributed by atoms with Gasteiger partial charge in [-0.3, -0.25) is 0 Å². The Morgan fingerprint density at radius 2 is 2.05 bits per heavy atom. The Morgan fingerprint density at radius 3 is 2.79 bits per heavy atom. The number of nitrogens with two attached hydrogens (primary N) is 1. The molecule has 1 atom stereocenters. The summed E-state index contributed by atoms with van der Waals surface area (Å²) in [4.78, 5) is 2.44. The largest absolute Gasteiger partial charge is 0.489 e. The number of ether oxygens (including phenoxy) is 1. The van der Waals surface area contributed by atoms with Gasteiger partial charge in [0, 0.05) is 12.6 Å². The van der Waals surface area contributed by atoms with E-state index in [-0.39, 0.29) is 6.10 Å². The van der Waals surface area contributed by atoms with Crippen LogP contribution in [0.15, 0.2) is 18.2 Å². The smallest absolute Gasteiger partial charge is 0.144 e. The molecule has 0 spiro atoms. The molecule has 1 fully saturated rings. The second-order valence-corrected chi connectivity index (χ2v) is 5.75. The lowest BCUT2D eigenvalue weighted by Crippen LogP contribution is -2.33. The molecule has 0 aromatic heterocycles. The number of benzene rings is 1. The van der Waals surface area contributed by atoms with Crippen molar-refractivity contribution in [1.82, 2.24) is 0 Å². The lowest BCUT2D eigenvalue weighted by molar-refractivity contribution is 0.244. The summed E-state index contributed by atoms with van der Waals surface area (Å²) in [5.74, 6) is 0.809. The lowest BCUT2D eigenvalue weighted by Gasteiger charge is -2.31. The molecule has 1 aromatic rings. The zero-order valence-electron chi connectivity index (χ0n) is 12.4. The quantitative estimate of drug-likeness (QED) is 0.841. The van der Waals surface area contributed by atoms with E-state index in [4.69, 9.17) is 10.5 Å². The normalized spacial score (nSPS) is 20.4. The predicted octanol–water partition coefficient (Wildman–Crippen LogP) is 3.82.